The molecule has 0 radical (unpaired) electrons. The molecule has 0 amide bonds. The van der Waals surface area contributed by atoms with Crippen molar-refractivity contribution in [1.29, 1.82) is 0 Å². The molecular formula is C16H25N3O4S. The molecule has 1 aromatic rings. The quantitative estimate of drug-likeness (QED) is 0.554. The van der Waals surface area contributed by atoms with Crippen molar-refractivity contribution in [3.8, 4) is 0 Å². The van der Waals surface area contributed by atoms with Gasteiger partial charge in [0.25, 0.3) is 5.69 Å². The number of anilines is 1. The number of hydrogen-bond donors (Lipinski definition) is 0. The van der Waals surface area contributed by atoms with Crippen LogP contribution in [0.2, 0.25) is 0 Å². The Kier molecular flexibility index (Phi) is 5.82. The molecule has 2 rings (SSSR count). The monoisotopic (exact) mass is 355 g/mol. The number of nitro benzene ring substituents is 1. The average molecular weight is 355 g/mol. The van der Waals surface area contributed by atoms with Crippen LogP contribution in [0.15, 0.2) is 23.1 Å². The van der Waals surface area contributed by atoms with E-state index in [1.54, 1.807) is 19.9 Å². The highest BCUT2D eigenvalue weighted by Gasteiger charge is 2.29. The Morgan fingerprint density at radius 2 is 1.79 bits per heavy atom. The third-order valence-electron chi connectivity index (χ3n) is 4.74. The van der Waals surface area contributed by atoms with Crippen LogP contribution in [0.25, 0.3) is 0 Å². The Labute approximate surface area is 143 Å². The Bertz CT molecular complexity index is 695. The first-order valence-corrected chi connectivity index (χ1v) is 9.78. The van der Waals surface area contributed by atoms with Crippen molar-refractivity contribution in [2.24, 2.45) is 0 Å². The third-order valence-corrected chi connectivity index (χ3v) is 6.79. The van der Waals surface area contributed by atoms with Crippen molar-refractivity contribution >= 4 is 21.4 Å². The summed E-state index contributed by atoms with van der Waals surface area (Å²) in [6, 6.07) is 4.50. The van der Waals surface area contributed by atoms with E-state index in [0.29, 0.717) is 18.8 Å². The molecule has 0 bridgehead atoms. The number of hydrogen-bond acceptors (Lipinski definition) is 5. The minimum absolute atomic E-state index is 0.0264. The number of rotatable bonds is 7. The Morgan fingerprint density at radius 3 is 2.29 bits per heavy atom. The van der Waals surface area contributed by atoms with Crippen LogP contribution in [0.3, 0.4) is 0 Å². The second-order valence-corrected chi connectivity index (χ2v) is 7.98. The van der Waals surface area contributed by atoms with Crippen molar-refractivity contribution in [2.45, 2.75) is 50.5 Å². The first-order valence-electron chi connectivity index (χ1n) is 8.34. The fourth-order valence-electron chi connectivity index (χ4n) is 3.31. The zero-order valence-electron chi connectivity index (χ0n) is 14.4. The second-order valence-electron chi connectivity index (χ2n) is 6.05. The molecule has 0 N–H and O–H groups in total. The number of sulfonamides is 1. The van der Waals surface area contributed by atoms with Gasteiger partial charge in [0.15, 0.2) is 0 Å². The van der Waals surface area contributed by atoms with E-state index in [9.17, 15) is 18.5 Å². The summed E-state index contributed by atoms with van der Waals surface area (Å²) in [4.78, 5) is 12.9. The first kappa shape index (κ1) is 18.7. The molecule has 1 aliphatic rings. The maximum absolute atomic E-state index is 12.6. The summed E-state index contributed by atoms with van der Waals surface area (Å²) in [5.41, 5.74) is 0.322. The van der Waals surface area contributed by atoms with Crippen LogP contribution in [0, 0.1) is 10.1 Å². The Balaban J connectivity index is 2.45. The molecular weight excluding hydrogens is 330 g/mol. The molecule has 0 spiro atoms. The summed E-state index contributed by atoms with van der Waals surface area (Å²) in [5.74, 6) is 0. The van der Waals surface area contributed by atoms with Gasteiger partial charge in [-0.1, -0.05) is 26.7 Å². The lowest BCUT2D eigenvalue weighted by Crippen LogP contribution is -2.31. The average Bonchev–Trinajstić information content (AvgIpc) is 3.08. The van der Waals surface area contributed by atoms with Crippen LogP contribution in [0.4, 0.5) is 11.4 Å². The fourth-order valence-corrected chi connectivity index (χ4v) is 4.79. The lowest BCUT2D eigenvalue weighted by atomic mass is 10.1. The van der Waals surface area contributed by atoms with E-state index in [2.05, 4.69) is 0 Å². The molecule has 1 fully saturated rings. The van der Waals surface area contributed by atoms with E-state index in [1.165, 1.54) is 16.4 Å². The minimum Gasteiger partial charge on any atom is -0.366 e. The van der Waals surface area contributed by atoms with Gasteiger partial charge in [-0.2, -0.15) is 4.31 Å². The molecule has 0 unspecified atom stereocenters. The van der Waals surface area contributed by atoms with Crippen LogP contribution < -0.4 is 4.90 Å². The Morgan fingerprint density at radius 1 is 1.21 bits per heavy atom. The number of benzene rings is 1. The van der Waals surface area contributed by atoms with Gasteiger partial charge >= 0.3 is 0 Å². The summed E-state index contributed by atoms with van der Waals surface area (Å²) in [6.45, 7) is 4.15. The number of nitro groups is 1. The van der Waals surface area contributed by atoms with Crippen LogP contribution >= 0.6 is 0 Å². The van der Waals surface area contributed by atoms with Crippen molar-refractivity contribution in [1.82, 2.24) is 4.31 Å². The van der Waals surface area contributed by atoms with Gasteiger partial charge in [0.2, 0.25) is 10.0 Å². The van der Waals surface area contributed by atoms with E-state index >= 15 is 0 Å². The molecule has 1 aromatic carbocycles. The van der Waals surface area contributed by atoms with E-state index in [1.807, 2.05) is 11.9 Å². The SMILES string of the molecule is CCN(CC)S(=O)(=O)c1ccc(N(C)C2CCCC2)c([N+](=O)[O-])c1. The van der Waals surface area contributed by atoms with Gasteiger partial charge in [-0.3, -0.25) is 10.1 Å². The summed E-state index contributed by atoms with van der Waals surface area (Å²) >= 11 is 0. The molecule has 24 heavy (non-hydrogen) atoms. The summed E-state index contributed by atoms with van der Waals surface area (Å²) < 4.78 is 26.5. The van der Waals surface area contributed by atoms with Gasteiger partial charge in [-0.15, -0.1) is 0 Å². The smallest absolute Gasteiger partial charge is 0.293 e. The van der Waals surface area contributed by atoms with Gasteiger partial charge in [-0.05, 0) is 25.0 Å². The topological polar surface area (TPSA) is 83.8 Å². The predicted octanol–water partition coefficient (Wildman–Crippen LogP) is 3.00. The lowest BCUT2D eigenvalue weighted by Gasteiger charge is -2.26. The standard InChI is InChI=1S/C16H25N3O4S/c1-4-18(5-2)24(22,23)14-10-11-15(16(12-14)19(20)21)17(3)13-8-6-7-9-13/h10-13H,4-9H2,1-3H3. The van der Waals surface area contributed by atoms with Crippen LogP contribution in [-0.2, 0) is 10.0 Å². The molecule has 0 atom stereocenters. The largest absolute Gasteiger partial charge is 0.366 e. The van der Waals surface area contributed by atoms with Crippen LogP contribution in [0.5, 0.6) is 0 Å². The lowest BCUT2D eigenvalue weighted by molar-refractivity contribution is -0.384. The molecule has 0 aliphatic heterocycles. The maximum Gasteiger partial charge on any atom is 0.293 e. The molecule has 1 aliphatic carbocycles. The molecule has 0 aromatic heterocycles. The van der Waals surface area contributed by atoms with Crippen molar-refractivity contribution in [2.75, 3.05) is 25.0 Å². The van der Waals surface area contributed by atoms with E-state index in [0.717, 1.165) is 25.7 Å². The van der Waals surface area contributed by atoms with Crippen LogP contribution in [-0.4, -0.2) is 43.8 Å². The zero-order chi connectivity index (χ0) is 17.9. The van der Waals surface area contributed by atoms with Crippen molar-refractivity contribution in [3.63, 3.8) is 0 Å². The predicted molar refractivity (Wildman–Crippen MR) is 93.9 cm³/mol. The summed E-state index contributed by atoms with van der Waals surface area (Å²) in [6.07, 6.45) is 4.26. The minimum atomic E-state index is -3.71. The first-order chi connectivity index (χ1) is 11.3. The third kappa shape index (κ3) is 3.54. The van der Waals surface area contributed by atoms with Crippen LogP contribution in [0.1, 0.15) is 39.5 Å². The van der Waals surface area contributed by atoms with Gasteiger partial charge in [0.1, 0.15) is 5.69 Å². The molecule has 0 saturated heterocycles. The normalized spacial score (nSPS) is 15.8. The maximum atomic E-state index is 12.6. The molecule has 0 heterocycles. The van der Waals surface area contributed by atoms with Gasteiger partial charge in [0, 0.05) is 32.2 Å². The highest BCUT2D eigenvalue weighted by Crippen LogP contribution is 2.35. The van der Waals surface area contributed by atoms with Gasteiger partial charge in [0.05, 0.1) is 9.82 Å². The van der Waals surface area contributed by atoms with E-state index in [-0.39, 0.29) is 16.6 Å². The zero-order valence-corrected chi connectivity index (χ0v) is 15.3. The Hall–Kier alpha value is -1.67. The van der Waals surface area contributed by atoms with E-state index in [4.69, 9.17) is 0 Å². The molecule has 134 valence electrons. The second kappa shape index (κ2) is 7.48. The molecule has 1 saturated carbocycles. The van der Waals surface area contributed by atoms with Gasteiger partial charge in [-0.25, -0.2) is 8.42 Å². The highest BCUT2D eigenvalue weighted by atomic mass is 32.2. The van der Waals surface area contributed by atoms with Crippen molar-refractivity contribution in [3.05, 3.63) is 28.3 Å². The van der Waals surface area contributed by atoms with Crippen molar-refractivity contribution < 1.29 is 13.3 Å². The van der Waals surface area contributed by atoms with E-state index < -0.39 is 14.9 Å². The summed E-state index contributed by atoms with van der Waals surface area (Å²) in [7, 11) is -1.86. The summed E-state index contributed by atoms with van der Waals surface area (Å²) in [5, 5.41) is 11.5. The fraction of sp³-hybridized carbons (Fsp3) is 0.625. The molecule has 8 heteroatoms. The highest BCUT2D eigenvalue weighted by molar-refractivity contribution is 7.89. The van der Waals surface area contributed by atoms with Gasteiger partial charge < -0.3 is 4.90 Å². The molecule has 7 nitrogen and oxygen atoms in total. The number of nitrogens with zero attached hydrogens (tertiary/aromatic N) is 3.